The summed E-state index contributed by atoms with van der Waals surface area (Å²) in [5, 5.41) is 2.82. The number of rotatable bonds is 9. The summed E-state index contributed by atoms with van der Waals surface area (Å²) in [6, 6.07) is 5.18. The van der Waals surface area contributed by atoms with Crippen LogP contribution in [0.3, 0.4) is 0 Å². The number of likely N-dealkylation sites (N-methyl/N-ethyl adjacent to an activating group) is 1. The maximum atomic E-state index is 12.3. The highest BCUT2D eigenvalue weighted by Crippen LogP contribution is 2.28. The standard InChI is InChI=1S/C17H26N2O5/c1-6-19(10-12(2)17(21)24-5)11-16(20)18-14-9-13(22-3)7-8-15(14)23-4/h7-9,12H,6,10-11H2,1-5H3,(H,18,20)/t12-/m0/s1. The molecule has 134 valence electrons. The maximum absolute atomic E-state index is 12.3. The third-order valence-electron chi connectivity index (χ3n) is 3.63. The van der Waals surface area contributed by atoms with Gasteiger partial charge in [-0.1, -0.05) is 13.8 Å². The van der Waals surface area contributed by atoms with Crippen LogP contribution in [0.2, 0.25) is 0 Å². The molecule has 0 radical (unpaired) electrons. The van der Waals surface area contributed by atoms with Crippen LogP contribution in [-0.2, 0) is 14.3 Å². The van der Waals surface area contributed by atoms with Gasteiger partial charge < -0.3 is 19.5 Å². The summed E-state index contributed by atoms with van der Waals surface area (Å²) in [5.41, 5.74) is 0.541. The van der Waals surface area contributed by atoms with E-state index in [1.807, 2.05) is 11.8 Å². The lowest BCUT2D eigenvalue weighted by atomic mass is 10.1. The molecule has 7 heteroatoms. The maximum Gasteiger partial charge on any atom is 0.309 e. The Morgan fingerprint density at radius 1 is 1.21 bits per heavy atom. The van der Waals surface area contributed by atoms with Gasteiger partial charge in [0.1, 0.15) is 11.5 Å². The zero-order valence-electron chi connectivity index (χ0n) is 14.9. The molecule has 0 aromatic heterocycles. The molecule has 0 saturated carbocycles. The number of hydrogen-bond acceptors (Lipinski definition) is 6. The molecule has 24 heavy (non-hydrogen) atoms. The molecular formula is C17H26N2O5. The number of carbonyl (C=O) groups excluding carboxylic acids is 2. The third-order valence-corrected chi connectivity index (χ3v) is 3.63. The van der Waals surface area contributed by atoms with E-state index < -0.39 is 0 Å². The first kappa shape index (κ1) is 19.8. The number of anilines is 1. The number of hydrogen-bond donors (Lipinski definition) is 1. The summed E-state index contributed by atoms with van der Waals surface area (Å²) < 4.78 is 15.1. The van der Waals surface area contributed by atoms with Gasteiger partial charge in [0.2, 0.25) is 5.91 Å². The van der Waals surface area contributed by atoms with Crippen LogP contribution < -0.4 is 14.8 Å². The molecular weight excluding hydrogens is 312 g/mol. The molecule has 1 aromatic carbocycles. The average molecular weight is 338 g/mol. The summed E-state index contributed by atoms with van der Waals surface area (Å²) in [4.78, 5) is 25.7. The molecule has 0 bridgehead atoms. The van der Waals surface area contributed by atoms with Crippen molar-refractivity contribution in [3.8, 4) is 11.5 Å². The second kappa shape index (κ2) is 9.77. The third kappa shape index (κ3) is 5.73. The van der Waals surface area contributed by atoms with Crippen molar-refractivity contribution in [2.45, 2.75) is 13.8 Å². The molecule has 1 atom stereocenters. The van der Waals surface area contributed by atoms with Crippen LogP contribution in [0.25, 0.3) is 0 Å². The first-order valence-electron chi connectivity index (χ1n) is 7.77. The topological polar surface area (TPSA) is 77.1 Å². The van der Waals surface area contributed by atoms with Crippen LogP contribution in [0.15, 0.2) is 18.2 Å². The van der Waals surface area contributed by atoms with Gasteiger partial charge in [-0.3, -0.25) is 14.5 Å². The van der Waals surface area contributed by atoms with Crippen LogP contribution in [0, 0.1) is 5.92 Å². The van der Waals surface area contributed by atoms with E-state index >= 15 is 0 Å². The fourth-order valence-electron chi connectivity index (χ4n) is 2.27. The number of carbonyl (C=O) groups is 2. The highest BCUT2D eigenvalue weighted by atomic mass is 16.5. The molecule has 1 aromatic rings. The predicted molar refractivity (Wildman–Crippen MR) is 91.5 cm³/mol. The molecule has 1 rings (SSSR count). The van der Waals surface area contributed by atoms with Crippen LogP contribution in [0.5, 0.6) is 11.5 Å². The molecule has 7 nitrogen and oxygen atoms in total. The van der Waals surface area contributed by atoms with Gasteiger partial charge in [0.25, 0.3) is 0 Å². The second-order valence-electron chi connectivity index (χ2n) is 5.37. The second-order valence-corrected chi connectivity index (χ2v) is 5.37. The number of nitrogens with zero attached hydrogens (tertiary/aromatic N) is 1. The Hall–Kier alpha value is -2.28. The minimum Gasteiger partial charge on any atom is -0.497 e. The Balaban J connectivity index is 2.71. The Morgan fingerprint density at radius 2 is 1.92 bits per heavy atom. The van der Waals surface area contributed by atoms with Crippen LogP contribution in [0.4, 0.5) is 5.69 Å². The predicted octanol–water partition coefficient (Wildman–Crippen LogP) is 1.77. The lowest BCUT2D eigenvalue weighted by molar-refractivity contribution is -0.145. The first-order valence-corrected chi connectivity index (χ1v) is 7.77. The van der Waals surface area contributed by atoms with Crippen LogP contribution in [0.1, 0.15) is 13.8 Å². The van der Waals surface area contributed by atoms with Crippen LogP contribution >= 0.6 is 0 Å². The zero-order valence-corrected chi connectivity index (χ0v) is 14.9. The Bertz CT molecular complexity index is 562. The Morgan fingerprint density at radius 3 is 2.46 bits per heavy atom. The fourth-order valence-corrected chi connectivity index (χ4v) is 2.27. The van der Waals surface area contributed by atoms with Crippen molar-refractivity contribution in [2.75, 3.05) is 46.3 Å². The number of benzene rings is 1. The summed E-state index contributed by atoms with van der Waals surface area (Å²) in [6.07, 6.45) is 0. The minimum absolute atomic E-state index is 0.165. The molecule has 1 amide bonds. The van der Waals surface area contributed by atoms with Gasteiger partial charge in [-0.05, 0) is 18.7 Å². The smallest absolute Gasteiger partial charge is 0.309 e. The normalized spacial score (nSPS) is 11.8. The average Bonchev–Trinajstić information content (AvgIpc) is 2.59. The Labute approximate surface area is 142 Å². The van der Waals surface area contributed by atoms with Gasteiger partial charge in [0, 0.05) is 12.6 Å². The monoisotopic (exact) mass is 338 g/mol. The highest BCUT2D eigenvalue weighted by molar-refractivity contribution is 5.94. The molecule has 0 unspecified atom stereocenters. The highest BCUT2D eigenvalue weighted by Gasteiger charge is 2.19. The molecule has 1 N–H and O–H groups in total. The van der Waals surface area contributed by atoms with Crippen molar-refractivity contribution in [3.63, 3.8) is 0 Å². The van der Waals surface area contributed by atoms with E-state index in [1.54, 1.807) is 32.2 Å². The largest absolute Gasteiger partial charge is 0.497 e. The summed E-state index contributed by atoms with van der Waals surface area (Å²) >= 11 is 0. The quantitative estimate of drug-likeness (QED) is 0.692. The van der Waals surface area contributed by atoms with Gasteiger partial charge in [-0.2, -0.15) is 0 Å². The van der Waals surface area contributed by atoms with Gasteiger partial charge in [-0.25, -0.2) is 0 Å². The SMILES string of the molecule is CCN(CC(=O)Nc1cc(OC)ccc1OC)C[C@H](C)C(=O)OC. The van der Waals surface area contributed by atoms with E-state index in [4.69, 9.17) is 14.2 Å². The van der Waals surface area contributed by atoms with E-state index in [-0.39, 0.29) is 24.3 Å². The molecule has 0 fully saturated rings. The van der Waals surface area contributed by atoms with E-state index in [1.165, 1.54) is 14.2 Å². The molecule has 0 spiro atoms. The van der Waals surface area contributed by atoms with Crippen molar-refractivity contribution in [1.82, 2.24) is 4.90 Å². The molecule has 0 heterocycles. The Kier molecular flexibility index (Phi) is 8.05. The van der Waals surface area contributed by atoms with Crippen molar-refractivity contribution in [1.29, 1.82) is 0 Å². The van der Waals surface area contributed by atoms with Gasteiger partial charge in [-0.15, -0.1) is 0 Å². The molecule has 0 aliphatic carbocycles. The van der Waals surface area contributed by atoms with Crippen LogP contribution in [-0.4, -0.2) is 57.7 Å². The summed E-state index contributed by atoms with van der Waals surface area (Å²) in [6.45, 7) is 4.97. The van der Waals surface area contributed by atoms with Crippen molar-refractivity contribution in [2.24, 2.45) is 5.92 Å². The number of methoxy groups -OCH3 is 3. The van der Waals surface area contributed by atoms with Crippen molar-refractivity contribution in [3.05, 3.63) is 18.2 Å². The molecule has 0 aliphatic rings. The fraction of sp³-hybridized carbons (Fsp3) is 0.529. The lowest BCUT2D eigenvalue weighted by Gasteiger charge is -2.22. The lowest BCUT2D eigenvalue weighted by Crippen LogP contribution is -2.38. The molecule has 0 saturated heterocycles. The molecule has 0 aliphatic heterocycles. The summed E-state index contributed by atoms with van der Waals surface area (Å²) in [7, 11) is 4.45. The number of nitrogens with one attached hydrogen (secondary N) is 1. The van der Waals surface area contributed by atoms with E-state index in [9.17, 15) is 9.59 Å². The van der Waals surface area contributed by atoms with Gasteiger partial charge >= 0.3 is 5.97 Å². The van der Waals surface area contributed by atoms with E-state index in [2.05, 4.69) is 5.32 Å². The number of ether oxygens (including phenoxy) is 3. The van der Waals surface area contributed by atoms with Gasteiger partial charge in [0.15, 0.2) is 0 Å². The number of amides is 1. The minimum atomic E-state index is -0.297. The van der Waals surface area contributed by atoms with Gasteiger partial charge in [0.05, 0.1) is 39.5 Å². The zero-order chi connectivity index (χ0) is 18.1. The van der Waals surface area contributed by atoms with E-state index in [0.29, 0.717) is 30.3 Å². The van der Waals surface area contributed by atoms with E-state index in [0.717, 1.165) is 0 Å². The summed E-state index contributed by atoms with van der Waals surface area (Å²) in [5.74, 6) is 0.394. The first-order chi connectivity index (χ1) is 11.4. The number of esters is 1. The van der Waals surface area contributed by atoms with Crippen molar-refractivity contribution < 1.29 is 23.8 Å². The van der Waals surface area contributed by atoms with Crippen molar-refractivity contribution >= 4 is 17.6 Å².